The van der Waals surface area contributed by atoms with E-state index in [0.717, 1.165) is 0 Å². The van der Waals surface area contributed by atoms with Gasteiger partial charge in [0.05, 0.1) is 19.2 Å². The molecule has 6 heteroatoms. The fourth-order valence-electron chi connectivity index (χ4n) is 2.29. The van der Waals surface area contributed by atoms with Crippen molar-refractivity contribution in [1.29, 1.82) is 0 Å². The molecule has 0 aliphatic carbocycles. The number of rotatable bonds is 3. The SMILES string of the molecule is Cc1cc(OC2CN(C(=O)c3ccc(F)cc3)C2)cc(=O)o1. The van der Waals surface area contributed by atoms with Gasteiger partial charge in [0.15, 0.2) is 0 Å². The first-order valence-electron chi connectivity index (χ1n) is 6.84. The zero-order valence-corrected chi connectivity index (χ0v) is 11.9. The molecule has 0 N–H and O–H groups in total. The van der Waals surface area contributed by atoms with Crippen molar-refractivity contribution < 1.29 is 18.3 Å². The number of benzene rings is 1. The Bertz CT molecular complexity index is 747. The van der Waals surface area contributed by atoms with E-state index in [9.17, 15) is 14.0 Å². The van der Waals surface area contributed by atoms with E-state index in [1.807, 2.05) is 0 Å². The number of nitrogens with zero attached hydrogens (tertiary/aromatic N) is 1. The summed E-state index contributed by atoms with van der Waals surface area (Å²) in [7, 11) is 0. The third kappa shape index (κ3) is 3.00. The van der Waals surface area contributed by atoms with Gasteiger partial charge in [-0.3, -0.25) is 4.79 Å². The fourth-order valence-corrected chi connectivity index (χ4v) is 2.29. The summed E-state index contributed by atoms with van der Waals surface area (Å²) in [5.41, 5.74) is -0.0235. The van der Waals surface area contributed by atoms with E-state index in [4.69, 9.17) is 9.15 Å². The lowest BCUT2D eigenvalue weighted by atomic mass is 10.1. The minimum Gasteiger partial charge on any atom is -0.486 e. The highest BCUT2D eigenvalue weighted by Gasteiger charge is 2.32. The fraction of sp³-hybridized carbons (Fsp3) is 0.250. The Morgan fingerprint density at radius 2 is 1.95 bits per heavy atom. The van der Waals surface area contributed by atoms with Gasteiger partial charge in [0.25, 0.3) is 5.91 Å². The summed E-state index contributed by atoms with van der Waals surface area (Å²) in [5.74, 6) is 0.372. The molecule has 0 bridgehead atoms. The van der Waals surface area contributed by atoms with Gasteiger partial charge in [0, 0.05) is 11.6 Å². The zero-order chi connectivity index (χ0) is 15.7. The molecule has 5 nitrogen and oxygen atoms in total. The molecular formula is C16H14FNO4. The second-order valence-electron chi connectivity index (χ2n) is 5.18. The number of ether oxygens (including phenoxy) is 1. The largest absolute Gasteiger partial charge is 0.486 e. The Morgan fingerprint density at radius 1 is 1.27 bits per heavy atom. The Morgan fingerprint density at radius 3 is 2.59 bits per heavy atom. The van der Waals surface area contributed by atoms with Crippen LogP contribution in [0.4, 0.5) is 4.39 Å². The van der Waals surface area contributed by atoms with Crippen molar-refractivity contribution in [2.24, 2.45) is 0 Å². The number of carbonyl (C=O) groups excluding carboxylic acids is 1. The van der Waals surface area contributed by atoms with Gasteiger partial charge in [-0.2, -0.15) is 0 Å². The molecule has 1 aromatic heterocycles. The van der Waals surface area contributed by atoms with Gasteiger partial charge < -0.3 is 14.1 Å². The summed E-state index contributed by atoms with van der Waals surface area (Å²) in [6.07, 6.45) is -0.161. The average molecular weight is 303 g/mol. The van der Waals surface area contributed by atoms with Crippen LogP contribution in [0.5, 0.6) is 5.75 Å². The Balaban J connectivity index is 1.58. The van der Waals surface area contributed by atoms with Gasteiger partial charge in [0.1, 0.15) is 23.4 Å². The van der Waals surface area contributed by atoms with Crippen LogP contribution in [0.15, 0.2) is 45.6 Å². The highest BCUT2D eigenvalue weighted by Crippen LogP contribution is 2.19. The van der Waals surface area contributed by atoms with Crippen molar-refractivity contribution in [3.63, 3.8) is 0 Å². The summed E-state index contributed by atoms with van der Waals surface area (Å²) < 4.78 is 23.3. The summed E-state index contributed by atoms with van der Waals surface area (Å²) in [4.78, 5) is 25.0. The molecule has 22 heavy (non-hydrogen) atoms. The van der Waals surface area contributed by atoms with Crippen LogP contribution in [0.1, 0.15) is 16.1 Å². The standard InChI is InChI=1S/C16H14FNO4/c1-10-6-13(7-15(19)21-10)22-14-8-18(9-14)16(20)11-2-4-12(17)5-3-11/h2-7,14H,8-9H2,1H3. The number of hydrogen-bond acceptors (Lipinski definition) is 4. The lowest BCUT2D eigenvalue weighted by molar-refractivity contribution is 0.0175. The van der Waals surface area contributed by atoms with Gasteiger partial charge in [-0.25, -0.2) is 9.18 Å². The minimum absolute atomic E-state index is 0.161. The number of likely N-dealkylation sites (tertiary alicyclic amines) is 1. The van der Waals surface area contributed by atoms with Gasteiger partial charge >= 0.3 is 5.63 Å². The molecule has 1 fully saturated rings. The number of halogens is 1. The topological polar surface area (TPSA) is 59.8 Å². The molecule has 0 atom stereocenters. The summed E-state index contributed by atoms with van der Waals surface area (Å²) in [5, 5.41) is 0. The van der Waals surface area contributed by atoms with Gasteiger partial charge in [-0.1, -0.05) is 0 Å². The van der Waals surface area contributed by atoms with Crippen LogP contribution in [0.2, 0.25) is 0 Å². The molecule has 0 spiro atoms. The van der Waals surface area contributed by atoms with Crippen molar-refractivity contribution in [2.75, 3.05) is 13.1 Å². The second-order valence-corrected chi connectivity index (χ2v) is 5.18. The molecule has 114 valence electrons. The van der Waals surface area contributed by atoms with Crippen molar-refractivity contribution >= 4 is 5.91 Å². The van der Waals surface area contributed by atoms with Gasteiger partial charge in [-0.05, 0) is 31.2 Å². The van der Waals surface area contributed by atoms with E-state index in [2.05, 4.69) is 0 Å². The van der Waals surface area contributed by atoms with E-state index in [1.54, 1.807) is 17.9 Å². The first-order valence-corrected chi connectivity index (χ1v) is 6.84. The molecule has 2 heterocycles. The molecule has 3 rings (SSSR count). The van der Waals surface area contributed by atoms with Crippen LogP contribution in [-0.2, 0) is 0 Å². The second kappa shape index (κ2) is 5.63. The molecule has 1 saturated heterocycles. The van der Waals surface area contributed by atoms with E-state index < -0.39 is 5.63 Å². The maximum Gasteiger partial charge on any atom is 0.339 e. The average Bonchev–Trinajstić information content (AvgIpc) is 2.41. The molecule has 2 aromatic rings. The first kappa shape index (κ1) is 14.3. The smallest absolute Gasteiger partial charge is 0.339 e. The molecule has 1 amide bonds. The molecule has 1 aliphatic rings. The molecule has 1 aromatic carbocycles. The van der Waals surface area contributed by atoms with Gasteiger partial charge in [0.2, 0.25) is 0 Å². The Labute approximate surface area is 125 Å². The highest BCUT2D eigenvalue weighted by atomic mass is 19.1. The number of carbonyl (C=O) groups is 1. The van der Waals surface area contributed by atoms with Crippen LogP contribution >= 0.6 is 0 Å². The van der Waals surface area contributed by atoms with E-state index in [1.165, 1.54) is 30.3 Å². The molecule has 0 saturated carbocycles. The lowest BCUT2D eigenvalue weighted by Gasteiger charge is -2.38. The van der Waals surface area contributed by atoms with Crippen molar-refractivity contribution in [1.82, 2.24) is 4.90 Å². The van der Waals surface area contributed by atoms with Crippen LogP contribution in [0.3, 0.4) is 0 Å². The molecular weight excluding hydrogens is 289 g/mol. The van der Waals surface area contributed by atoms with Crippen LogP contribution in [-0.4, -0.2) is 30.0 Å². The summed E-state index contributed by atoms with van der Waals surface area (Å²) in [6, 6.07) is 8.33. The number of amides is 1. The van der Waals surface area contributed by atoms with Crippen molar-refractivity contribution in [3.05, 3.63) is 64.0 Å². The van der Waals surface area contributed by atoms with E-state index >= 15 is 0 Å². The van der Waals surface area contributed by atoms with Crippen LogP contribution in [0.25, 0.3) is 0 Å². The molecule has 1 aliphatic heterocycles. The molecule has 0 radical (unpaired) electrons. The maximum atomic E-state index is 12.8. The monoisotopic (exact) mass is 303 g/mol. The van der Waals surface area contributed by atoms with Gasteiger partial charge in [-0.15, -0.1) is 0 Å². The predicted molar refractivity (Wildman–Crippen MR) is 76.4 cm³/mol. The predicted octanol–water partition coefficient (Wildman–Crippen LogP) is 1.99. The zero-order valence-electron chi connectivity index (χ0n) is 11.9. The quantitative estimate of drug-likeness (QED) is 0.870. The Hall–Kier alpha value is -2.63. The third-order valence-corrected chi connectivity index (χ3v) is 3.40. The first-order chi connectivity index (χ1) is 10.5. The maximum absolute atomic E-state index is 12.8. The van der Waals surface area contributed by atoms with Crippen LogP contribution < -0.4 is 10.4 Å². The minimum atomic E-state index is -0.464. The van der Waals surface area contributed by atoms with E-state index in [0.29, 0.717) is 30.2 Å². The summed E-state index contributed by atoms with van der Waals surface area (Å²) >= 11 is 0. The number of aryl methyl sites for hydroxylation is 1. The van der Waals surface area contributed by atoms with Crippen molar-refractivity contribution in [3.8, 4) is 5.75 Å². The third-order valence-electron chi connectivity index (χ3n) is 3.40. The highest BCUT2D eigenvalue weighted by molar-refractivity contribution is 5.94. The molecule has 0 unspecified atom stereocenters. The number of hydrogen-bond donors (Lipinski definition) is 0. The summed E-state index contributed by atoms with van der Waals surface area (Å²) in [6.45, 7) is 2.52. The normalized spacial score (nSPS) is 14.5. The van der Waals surface area contributed by atoms with Crippen LogP contribution in [0, 0.1) is 12.7 Å². The Kier molecular flexibility index (Phi) is 3.66. The van der Waals surface area contributed by atoms with Crippen molar-refractivity contribution in [2.45, 2.75) is 13.0 Å². The van der Waals surface area contributed by atoms with E-state index in [-0.39, 0.29) is 17.8 Å². The lowest BCUT2D eigenvalue weighted by Crippen LogP contribution is -2.56.